The van der Waals surface area contributed by atoms with Crippen LogP contribution in [0.3, 0.4) is 0 Å². The Bertz CT molecular complexity index is 812. The summed E-state index contributed by atoms with van der Waals surface area (Å²) in [5.74, 6) is 4.39. The molecule has 4 rings (SSSR count). The smallest absolute Gasteiger partial charge is 0.222 e. The summed E-state index contributed by atoms with van der Waals surface area (Å²) in [6, 6.07) is 0. The van der Waals surface area contributed by atoms with Crippen LogP contribution in [0.5, 0.6) is 0 Å². The Kier molecular flexibility index (Phi) is 11.0. The third kappa shape index (κ3) is 6.95. The van der Waals surface area contributed by atoms with Crippen LogP contribution >= 0.6 is 0 Å². The van der Waals surface area contributed by atoms with E-state index in [4.69, 9.17) is 0 Å². The molecule has 4 fully saturated rings. The van der Waals surface area contributed by atoms with Crippen LogP contribution in [0.15, 0.2) is 0 Å². The van der Waals surface area contributed by atoms with E-state index >= 15 is 0 Å². The minimum atomic E-state index is -0.109. The summed E-state index contributed by atoms with van der Waals surface area (Å²) in [7, 11) is 1.95. The number of carbonyl (C=O) groups is 2. The largest absolute Gasteiger partial charge is 0.393 e. The van der Waals surface area contributed by atoms with Gasteiger partial charge in [0.1, 0.15) is 5.78 Å². The van der Waals surface area contributed by atoms with Crippen molar-refractivity contribution in [3.05, 3.63) is 0 Å². The van der Waals surface area contributed by atoms with Crippen molar-refractivity contribution in [1.29, 1.82) is 0 Å². The van der Waals surface area contributed by atoms with Crippen LogP contribution < -0.4 is 0 Å². The van der Waals surface area contributed by atoms with Crippen molar-refractivity contribution in [2.24, 2.45) is 40.4 Å². The predicted octanol–water partition coefficient (Wildman–Crippen LogP) is 8.34. The molecule has 0 bridgehead atoms. The summed E-state index contributed by atoms with van der Waals surface area (Å²) >= 11 is 0. The third-order valence-electron chi connectivity index (χ3n) is 12.6. The average molecular weight is 544 g/mol. The van der Waals surface area contributed by atoms with E-state index in [0.717, 1.165) is 69.2 Å². The molecule has 4 saturated carbocycles. The highest BCUT2D eigenvalue weighted by atomic mass is 16.3. The van der Waals surface area contributed by atoms with E-state index < -0.39 is 0 Å². The lowest BCUT2D eigenvalue weighted by Crippen LogP contribution is -2.57. The Balaban J connectivity index is 1.19. The highest BCUT2D eigenvalue weighted by Crippen LogP contribution is 2.67. The molecule has 224 valence electrons. The molecule has 1 amide bonds. The zero-order chi connectivity index (χ0) is 28.0. The fraction of sp³-hybridized carbons (Fsp3) is 0.943. The number of hydrogen-bond acceptors (Lipinski definition) is 3. The number of ketones is 1. The maximum absolute atomic E-state index is 12.5. The molecule has 4 aliphatic rings. The molecule has 8 atom stereocenters. The Labute approximate surface area is 240 Å². The van der Waals surface area contributed by atoms with E-state index in [1.165, 1.54) is 77.0 Å². The minimum absolute atomic E-state index is 0.109. The van der Waals surface area contributed by atoms with Crippen molar-refractivity contribution in [3.8, 4) is 0 Å². The van der Waals surface area contributed by atoms with Crippen LogP contribution in [-0.2, 0) is 9.59 Å². The number of hydrogen-bond donors (Lipinski definition) is 1. The summed E-state index contributed by atoms with van der Waals surface area (Å²) in [5, 5.41) is 11.0. The van der Waals surface area contributed by atoms with Crippen molar-refractivity contribution < 1.29 is 14.7 Å². The second kappa shape index (κ2) is 13.8. The van der Waals surface area contributed by atoms with Gasteiger partial charge in [-0.3, -0.25) is 9.59 Å². The number of carbonyl (C=O) groups excluding carboxylic acids is 2. The molecule has 0 aromatic heterocycles. The maximum Gasteiger partial charge on any atom is 0.222 e. The van der Waals surface area contributed by atoms with Crippen molar-refractivity contribution in [1.82, 2.24) is 4.90 Å². The van der Waals surface area contributed by atoms with E-state index in [0.29, 0.717) is 35.4 Å². The normalized spacial score (nSPS) is 37.7. The summed E-state index contributed by atoms with van der Waals surface area (Å²) in [6.45, 7) is 8.03. The molecular formula is C35H61NO3. The van der Waals surface area contributed by atoms with Gasteiger partial charge in [-0.15, -0.1) is 0 Å². The number of unbranched alkanes of at least 4 members (excludes halogenated alkanes) is 8. The van der Waals surface area contributed by atoms with E-state index in [1.54, 1.807) is 0 Å². The standard InChI is InChI=1S/C35H61NO3/c1-5-6-23-36(4)32(39)16-14-12-10-8-7-9-11-13-15-26-24-27-25-28(37)19-21-34(27,2)30-20-22-35(3)29(33(26)30)17-18-31(35)38/h26-27,29-31,33,38H,5-25H2,1-4H3/t26-,27+,29+,30+,31+,33+,34+,35+/m1/s1. The summed E-state index contributed by atoms with van der Waals surface area (Å²) in [5.41, 5.74) is 0.474. The summed E-state index contributed by atoms with van der Waals surface area (Å²) < 4.78 is 0. The second-order valence-electron chi connectivity index (χ2n) is 14.9. The maximum atomic E-state index is 12.5. The molecule has 0 heterocycles. The number of aliphatic hydroxyl groups excluding tert-OH is 1. The highest BCUT2D eigenvalue weighted by molar-refractivity contribution is 5.79. The van der Waals surface area contributed by atoms with Gasteiger partial charge >= 0.3 is 0 Å². The Morgan fingerprint density at radius 1 is 0.897 bits per heavy atom. The van der Waals surface area contributed by atoms with Gasteiger partial charge in [0.25, 0.3) is 0 Å². The summed E-state index contributed by atoms with van der Waals surface area (Å²) in [4.78, 5) is 26.6. The van der Waals surface area contributed by atoms with E-state index in [1.807, 2.05) is 11.9 Å². The molecule has 4 heteroatoms. The van der Waals surface area contributed by atoms with Crippen LogP contribution in [0.4, 0.5) is 0 Å². The molecule has 0 aliphatic heterocycles. The number of fused-ring (bicyclic) bond motifs is 5. The highest BCUT2D eigenvalue weighted by Gasteiger charge is 2.62. The molecule has 4 aliphatic carbocycles. The molecule has 0 aromatic carbocycles. The fourth-order valence-electron chi connectivity index (χ4n) is 9.94. The zero-order valence-electron chi connectivity index (χ0n) is 26.0. The van der Waals surface area contributed by atoms with Crippen LogP contribution in [-0.4, -0.2) is 41.4 Å². The van der Waals surface area contributed by atoms with Gasteiger partial charge in [0.15, 0.2) is 0 Å². The first-order chi connectivity index (χ1) is 18.7. The topological polar surface area (TPSA) is 57.6 Å². The Hall–Kier alpha value is -0.900. The number of aliphatic hydroxyl groups is 1. The Morgan fingerprint density at radius 3 is 2.28 bits per heavy atom. The molecule has 0 radical (unpaired) electrons. The van der Waals surface area contributed by atoms with Crippen molar-refractivity contribution >= 4 is 11.7 Å². The molecule has 4 nitrogen and oxygen atoms in total. The van der Waals surface area contributed by atoms with Crippen molar-refractivity contribution in [2.45, 2.75) is 155 Å². The van der Waals surface area contributed by atoms with Gasteiger partial charge in [0.2, 0.25) is 5.91 Å². The Morgan fingerprint density at radius 2 is 1.56 bits per heavy atom. The van der Waals surface area contributed by atoms with Gasteiger partial charge < -0.3 is 10.0 Å². The van der Waals surface area contributed by atoms with Crippen molar-refractivity contribution in [3.63, 3.8) is 0 Å². The van der Waals surface area contributed by atoms with Gasteiger partial charge in [0, 0.05) is 32.9 Å². The minimum Gasteiger partial charge on any atom is -0.393 e. The number of rotatable bonds is 14. The lowest BCUT2D eigenvalue weighted by atomic mass is 9.42. The van der Waals surface area contributed by atoms with Gasteiger partial charge in [-0.05, 0) is 91.8 Å². The van der Waals surface area contributed by atoms with Gasteiger partial charge in [-0.2, -0.15) is 0 Å². The van der Waals surface area contributed by atoms with Crippen LogP contribution in [0.1, 0.15) is 149 Å². The molecule has 0 aromatic rings. The van der Waals surface area contributed by atoms with Crippen LogP contribution in [0, 0.1) is 40.4 Å². The molecule has 0 unspecified atom stereocenters. The summed E-state index contributed by atoms with van der Waals surface area (Å²) in [6.07, 6.45) is 23.0. The molecule has 1 N–H and O–H groups in total. The average Bonchev–Trinajstić information content (AvgIpc) is 3.22. The molecule has 0 spiro atoms. The van der Waals surface area contributed by atoms with Gasteiger partial charge in [-0.1, -0.05) is 78.6 Å². The first kappa shape index (κ1) is 31.0. The van der Waals surface area contributed by atoms with Gasteiger partial charge in [0.05, 0.1) is 6.10 Å². The van der Waals surface area contributed by atoms with Gasteiger partial charge in [-0.25, -0.2) is 0 Å². The lowest BCUT2D eigenvalue weighted by Gasteiger charge is -2.62. The SMILES string of the molecule is CCCCN(C)C(=O)CCCCCCCCCC[C@@H]1C[C@H]2CC(=O)CC[C@]2(C)[C@H]2CC[C@]3(C)[C@@H](O)CC[C@H]3[C@H]12. The first-order valence-electron chi connectivity index (χ1n) is 17.1. The number of Topliss-reactive ketones (excluding diaryl/α,β-unsaturated/α-hetero) is 1. The van der Waals surface area contributed by atoms with Crippen LogP contribution in [0.2, 0.25) is 0 Å². The predicted molar refractivity (Wildman–Crippen MR) is 160 cm³/mol. The lowest BCUT2D eigenvalue weighted by molar-refractivity contribution is -0.156. The molecular weight excluding hydrogens is 482 g/mol. The second-order valence-corrected chi connectivity index (χ2v) is 14.9. The first-order valence-corrected chi connectivity index (χ1v) is 17.1. The fourth-order valence-corrected chi connectivity index (χ4v) is 9.94. The van der Waals surface area contributed by atoms with E-state index in [2.05, 4.69) is 20.8 Å². The quantitative estimate of drug-likeness (QED) is 0.224. The van der Waals surface area contributed by atoms with E-state index in [-0.39, 0.29) is 11.5 Å². The number of amides is 1. The number of nitrogens with zero attached hydrogens (tertiary/aromatic N) is 1. The van der Waals surface area contributed by atoms with Crippen LogP contribution in [0.25, 0.3) is 0 Å². The van der Waals surface area contributed by atoms with Crippen molar-refractivity contribution in [2.75, 3.05) is 13.6 Å². The zero-order valence-corrected chi connectivity index (χ0v) is 26.0. The molecule has 39 heavy (non-hydrogen) atoms. The third-order valence-corrected chi connectivity index (χ3v) is 12.6. The van der Waals surface area contributed by atoms with E-state index in [9.17, 15) is 14.7 Å². The monoisotopic (exact) mass is 543 g/mol. The molecule has 0 saturated heterocycles.